The SMILES string of the molecule is C/C=C\c1ccc2n(c1=O)C[C@@H]1[C@@H](CO)[C@H](C(=O)NC3Cc4ccccc4C3)[C@H]2N1C(C)=O. The normalized spacial score (nSPS) is 25.8. The lowest BCUT2D eigenvalue weighted by molar-refractivity contribution is -0.134. The van der Waals surface area contributed by atoms with E-state index in [1.807, 2.05) is 31.2 Å². The second kappa shape index (κ2) is 8.30. The number of hydrogen-bond donors (Lipinski definition) is 2. The molecule has 0 radical (unpaired) electrons. The van der Waals surface area contributed by atoms with E-state index in [-0.39, 0.29) is 36.6 Å². The highest BCUT2D eigenvalue weighted by atomic mass is 16.3. The van der Waals surface area contributed by atoms with Crippen molar-refractivity contribution in [3.05, 3.63) is 75.2 Å². The van der Waals surface area contributed by atoms with Gasteiger partial charge < -0.3 is 19.9 Å². The molecule has 2 amide bonds. The monoisotopic (exact) mass is 447 g/mol. The summed E-state index contributed by atoms with van der Waals surface area (Å²) in [5, 5.41) is 13.5. The molecule has 1 fully saturated rings. The van der Waals surface area contributed by atoms with Gasteiger partial charge in [0.05, 0.1) is 18.0 Å². The summed E-state index contributed by atoms with van der Waals surface area (Å²) in [7, 11) is 0. The van der Waals surface area contributed by atoms with Gasteiger partial charge in [-0.3, -0.25) is 14.4 Å². The van der Waals surface area contributed by atoms with Crippen molar-refractivity contribution >= 4 is 17.9 Å². The van der Waals surface area contributed by atoms with Gasteiger partial charge in [-0.15, -0.1) is 0 Å². The van der Waals surface area contributed by atoms with Gasteiger partial charge >= 0.3 is 0 Å². The van der Waals surface area contributed by atoms with Gasteiger partial charge in [0.15, 0.2) is 0 Å². The summed E-state index contributed by atoms with van der Waals surface area (Å²) in [6, 6.07) is 10.8. The Hall–Kier alpha value is -3.19. The Morgan fingerprint density at radius 1 is 1.15 bits per heavy atom. The van der Waals surface area contributed by atoms with E-state index < -0.39 is 23.9 Å². The molecule has 1 aliphatic carbocycles. The molecule has 7 nitrogen and oxygen atoms in total. The Morgan fingerprint density at radius 3 is 2.45 bits per heavy atom. The number of fused-ring (bicyclic) bond motifs is 5. The van der Waals surface area contributed by atoms with E-state index in [1.165, 1.54) is 18.1 Å². The summed E-state index contributed by atoms with van der Waals surface area (Å²) >= 11 is 0. The number of nitrogens with one attached hydrogen (secondary N) is 1. The van der Waals surface area contributed by atoms with Crippen LogP contribution in [0.1, 0.15) is 42.3 Å². The minimum Gasteiger partial charge on any atom is -0.396 e. The minimum absolute atomic E-state index is 0.0141. The summed E-state index contributed by atoms with van der Waals surface area (Å²) in [5.41, 5.74) is 3.58. The molecule has 2 N–H and O–H groups in total. The number of aromatic nitrogens is 1. The third-order valence-corrected chi connectivity index (χ3v) is 7.48. The van der Waals surface area contributed by atoms with Crippen LogP contribution in [0.2, 0.25) is 0 Å². The van der Waals surface area contributed by atoms with Crippen LogP contribution < -0.4 is 10.9 Å². The van der Waals surface area contributed by atoms with Crippen molar-refractivity contribution < 1.29 is 14.7 Å². The number of amides is 2. The van der Waals surface area contributed by atoms with E-state index in [0.29, 0.717) is 11.3 Å². The lowest BCUT2D eigenvalue weighted by Gasteiger charge is -2.37. The van der Waals surface area contributed by atoms with E-state index in [0.717, 1.165) is 12.8 Å². The first-order chi connectivity index (χ1) is 15.9. The van der Waals surface area contributed by atoms with E-state index in [4.69, 9.17) is 0 Å². The van der Waals surface area contributed by atoms with Crippen molar-refractivity contribution in [1.82, 2.24) is 14.8 Å². The second-order valence-corrected chi connectivity index (χ2v) is 9.32. The van der Waals surface area contributed by atoms with E-state index in [1.54, 1.807) is 21.6 Å². The van der Waals surface area contributed by atoms with Crippen molar-refractivity contribution in [2.45, 2.75) is 51.4 Å². The molecule has 2 aromatic rings. The molecule has 4 atom stereocenters. The number of carbonyl (C=O) groups excluding carboxylic acids is 2. The minimum atomic E-state index is -0.617. The molecule has 172 valence electrons. The average Bonchev–Trinajstić information content (AvgIpc) is 3.31. The third kappa shape index (κ3) is 3.42. The first-order valence-corrected chi connectivity index (χ1v) is 11.6. The first kappa shape index (κ1) is 21.6. The van der Waals surface area contributed by atoms with Crippen molar-refractivity contribution in [2.24, 2.45) is 11.8 Å². The van der Waals surface area contributed by atoms with E-state index in [2.05, 4.69) is 17.4 Å². The molecule has 2 bridgehead atoms. The maximum atomic E-state index is 13.6. The number of carbonyl (C=O) groups is 2. The molecule has 1 aromatic carbocycles. The number of rotatable bonds is 4. The van der Waals surface area contributed by atoms with Crippen molar-refractivity contribution in [2.75, 3.05) is 6.61 Å². The Balaban J connectivity index is 1.51. The first-order valence-electron chi connectivity index (χ1n) is 11.6. The highest BCUT2D eigenvalue weighted by Crippen LogP contribution is 2.48. The standard InChI is InChI=1S/C26H29N3O4/c1-3-6-16-9-10-21-24-23(25(32)27-19-11-17-7-4-5-8-18(17)12-19)20(14-30)22(29(24)15(2)31)13-28(21)26(16)33/h3-10,19-20,22-24,30H,11-14H2,1-2H3,(H,27,32)/b6-3-/t20-,22-,23+,24+/m1/s1. The molecule has 0 saturated carbocycles. The predicted octanol–water partition coefficient (Wildman–Crippen LogP) is 1.68. The number of pyridine rings is 1. The fraction of sp³-hybridized carbons (Fsp3) is 0.423. The van der Waals surface area contributed by atoms with Crippen LogP contribution in [0.5, 0.6) is 0 Å². The van der Waals surface area contributed by atoms with Gasteiger partial charge in [-0.1, -0.05) is 36.4 Å². The highest BCUT2D eigenvalue weighted by molar-refractivity contribution is 5.84. The molecule has 0 spiro atoms. The number of benzene rings is 1. The molecule has 3 aliphatic rings. The average molecular weight is 448 g/mol. The molecule has 5 rings (SSSR count). The summed E-state index contributed by atoms with van der Waals surface area (Å²) in [4.78, 5) is 41.1. The smallest absolute Gasteiger partial charge is 0.258 e. The lowest BCUT2D eigenvalue weighted by atomic mass is 9.86. The van der Waals surface area contributed by atoms with Gasteiger partial charge in [-0.25, -0.2) is 0 Å². The van der Waals surface area contributed by atoms with Crippen molar-refractivity contribution in [3.63, 3.8) is 0 Å². The fourth-order valence-electron chi connectivity index (χ4n) is 6.12. The summed E-state index contributed by atoms with van der Waals surface area (Å²) < 4.78 is 1.69. The van der Waals surface area contributed by atoms with Crippen LogP contribution in [0.3, 0.4) is 0 Å². The zero-order valence-corrected chi connectivity index (χ0v) is 18.9. The van der Waals surface area contributed by atoms with Crippen LogP contribution in [0.15, 0.2) is 47.3 Å². The maximum absolute atomic E-state index is 13.6. The van der Waals surface area contributed by atoms with Gasteiger partial charge in [-0.2, -0.15) is 0 Å². The van der Waals surface area contributed by atoms with Crippen LogP contribution >= 0.6 is 0 Å². The number of aliphatic hydroxyl groups excluding tert-OH is 1. The van der Waals surface area contributed by atoms with Crippen LogP contribution in [0.4, 0.5) is 0 Å². The molecular formula is C26H29N3O4. The van der Waals surface area contributed by atoms with Crippen LogP contribution in [-0.4, -0.2) is 45.1 Å². The zero-order valence-electron chi connectivity index (χ0n) is 18.9. The van der Waals surface area contributed by atoms with Gasteiger partial charge in [0.1, 0.15) is 0 Å². The summed E-state index contributed by atoms with van der Waals surface area (Å²) in [6.45, 7) is 3.40. The largest absolute Gasteiger partial charge is 0.396 e. The molecule has 7 heteroatoms. The highest BCUT2D eigenvalue weighted by Gasteiger charge is 2.57. The Labute approximate surface area is 192 Å². The van der Waals surface area contributed by atoms with Gasteiger partial charge in [0, 0.05) is 43.3 Å². The summed E-state index contributed by atoms with van der Waals surface area (Å²) in [6.07, 6.45) is 5.12. The zero-order chi connectivity index (χ0) is 23.3. The Bertz CT molecular complexity index is 1180. The van der Waals surface area contributed by atoms with Crippen LogP contribution in [0, 0.1) is 11.8 Å². The number of nitrogens with zero attached hydrogens (tertiary/aromatic N) is 2. The number of aliphatic hydroxyl groups is 1. The topological polar surface area (TPSA) is 91.6 Å². The van der Waals surface area contributed by atoms with Crippen molar-refractivity contribution in [1.29, 1.82) is 0 Å². The van der Waals surface area contributed by atoms with Crippen molar-refractivity contribution in [3.8, 4) is 0 Å². The van der Waals surface area contributed by atoms with Crippen LogP contribution in [0.25, 0.3) is 6.08 Å². The van der Waals surface area contributed by atoms with Gasteiger partial charge in [-0.05, 0) is 43.0 Å². The maximum Gasteiger partial charge on any atom is 0.258 e. The molecule has 3 heterocycles. The Morgan fingerprint density at radius 2 is 1.85 bits per heavy atom. The fourth-order valence-corrected chi connectivity index (χ4v) is 6.12. The molecule has 0 unspecified atom stereocenters. The molecule has 1 aromatic heterocycles. The second-order valence-electron chi connectivity index (χ2n) is 9.32. The summed E-state index contributed by atoms with van der Waals surface area (Å²) in [5.74, 6) is -1.37. The lowest BCUT2D eigenvalue weighted by Crippen LogP contribution is -2.48. The predicted molar refractivity (Wildman–Crippen MR) is 124 cm³/mol. The Kier molecular flexibility index (Phi) is 5.44. The van der Waals surface area contributed by atoms with E-state index in [9.17, 15) is 19.5 Å². The number of allylic oxidation sites excluding steroid dienone is 1. The quantitative estimate of drug-likeness (QED) is 0.746. The molecular weight excluding hydrogens is 418 g/mol. The molecule has 2 aliphatic heterocycles. The molecule has 1 saturated heterocycles. The van der Waals surface area contributed by atoms with Gasteiger partial charge in [0.25, 0.3) is 5.56 Å². The molecule has 33 heavy (non-hydrogen) atoms. The van der Waals surface area contributed by atoms with E-state index >= 15 is 0 Å². The third-order valence-electron chi connectivity index (χ3n) is 7.48. The van der Waals surface area contributed by atoms with Crippen LogP contribution in [-0.2, 0) is 29.0 Å². The number of hydrogen-bond acceptors (Lipinski definition) is 4. The van der Waals surface area contributed by atoms with Gasteiger partial charge in [0.2, 0.25) is 11.8 Å².